The van der Waals surface area contributed by atoms with Crippen molar-refractivity contribution in [3.8, 4) is 11.5 Å². The molecule has 0 heterocycles. The van der Waals surface area contributed by atoms with E-state index in [1.54, 1.807) is 0 Å². The number of ether oxygens (including phenoxy) is 2. The van der Waals surface area contributed by atoms with Crippen molar-refractivity contribution < 1.29 is 19.1 Å². The molecule has 188 valence electrons. The summed E-state index contributed by atoms with van der Waals surface area (Å²) in [4.78, 5) is 23.6. The molecule has 0 aromatic heterocycles. The van der Waals surface area contributed by atoms with Gasteiger partial charge in [-0.15, -0.1) is 0 Å². The van der Waals surface area contributed by atoms with Crippen molar-refractivity contribution in [3.63, 3.8) is 0 Å². The molecule has 0 bridgehead atoms. The van der Waals surface area contributed by atoms with Gasteiger partial charge in [-0.05, 0) is 71.9 Å². The molecule has 2 saturated carbocycles. The maximum atomic E-state index is 11.8. The minimum absolute atomic E-state index is 0.254. The van der Waals surface area contributed by atoms with Gasteiger partial charge in [-0.25, -0.2) is 0 Å². The van der Waals surface area contributed by atoms with Crippen molar-refractivity contribution in [2.45, 2.75) is 109 Å². The molecule has 2 aliphatic rings. The Morgan fingerprint density at radius 3 is 1.37 bits per heavy atom. The fourth-order valence-electron chi connectivity index (χ4n) is 6.00. The van der Waals surface area contributed by atoms with E-state index in [0.717, 1.165) is 36.8 Å². The lowest BCUT2D eigenvalue weighted by Gasteiger charge is -2.31. The molecule has 0 amide bonds. The molecule has 0 atom stereocenters. The Balaban J connectivity index is 1.73. The zero-order chi connectivity index (χ0) is 25.0. The molecule has 0 radical (unpaired) electrons. The van der Waals surface area contributed by atoms with Crippen LogP contribution in [0.2, 0.25) is 0 Å². The average molecular weight is 477 g/mol. The zero-order valence-electron chi connectivity index (χ0n) is 21.8. The predicted molar refractivity (Wildman–Crippen MR) is 139 cm³/mol. The Hall–Kier alpha value is -2.62. The van der Waals surface area contributed by atoms with Gasteiger partial charge in [-0.3, -0.25) is 9.59 Å². The van der Waals surface area contributed by atoms with Gasteiger partial charge in [0.05, 0.1) is 0 Å². The van der Waals surface area contributed by atoms with Crippen LogP contribution in [0.4, 0.5) is 0 Å². The van der Waals surface area contributed by atoms with Gasteiger partial charge in [-0.2, -0.15) is 0 Å². The van der Waals surface area contributed by atoms with Gasteiger partial charge >= 0.3 is 11.9 Å². The second-order valence-electron chi connectivity index (χ2n) is 11.0. The van der Waals surface area contributed by atoms with Crippen molar-refractivity contribution >= 4 is 11.9 Å². The number of esters is 2. The highest BCUT2D eigenvalue weighted by Crippen LogP contribution is 2.44. The monoisotopic (exact) mass is 476 g/mol. The van der Waals surface area contributed by atoms with Crippen LogP contribution in [-0.4, -0.2) is 11.9 Å². The first-order valence-corrected chi connectivity index (χ1v) is 13.4. The van der Waals surface area contributed by atoms with Crippen LogP contribution in [0.3, 0.4) is 0 Å². The molecule has 0 aliphatic heterocycles. The molecular weight excluding hydrogens is 436 g/mol. The summed E-state index contributed by atoms with van der Waals surface area (Å²) >= 11 is 0. The van der Waals surface area contributed by atoms with Crippen LogP contribution in [0, 0.1) is 0 Å². The second kappa shape index (κ2) is 11.0. The normalized spacial score (nSPS) is 17.7. The Morgan fingerprint density at radius 2 is 1.03 bits per heavy atom. The van der Waals surface area contributed by atoms with Crippen LogP contribution in [0.1, 0.15) is 126 Å². The highest BCUT2D eigenvalue weighted by atomic mass is 16.5. The summed E-state index contributed by atoms with van der Waals surface area (Å²) in [6, 6.07) is 12.7. The summed E-state index contributed by atoms with van der Waals surface area (Å²) in [5.41, 5.74) is 4.49. The van der Waals surface area contributed by atoms with Crippen molar-refractivity contribution in [1.82, 2.24) is 0 Å². The van der Waals surface area contributed by atoms with Gasteiger partial charge in [0.1, 0.15) is 11.5 Å². The predicted octanol–water partition coefficient (Wildman–Crippen LogP) is 7.96. The van der Waals surface area contributed by atoms with Crippen LogP contribution < -0.4 is 9.47 Å². The number of carbonyl (C=O) groups excluding carboxylic acids is 2. The molecule has 4 rings (SSSR count). The number of hydrogen-bond acceptors (Lipinski definition) is 4. The largest absolute Gasteiger partial charge is 0.426 e. The molecule has 2 fully saturated rings. The van der Waals surface area contributed by atoms with Crippen LogP contribution in [-0.2, 0) is 15.0 Å². The lowest BCUT2D eigenvalue weighted by Crippen LogP contribution is -2.21. The highest BCUT2D eigenvalue weighted by Gasteiger charge is 2.29. The molecule has 0 N–H and O–H groups in total. The van der Waals surface area contributed by atoms with Crippen LogP contribution in [0.15, 0.2) is 36.4 Å². The fraction of sp³-hybridized carbons (Fsp3) is 0.548. The van der Waals surface area contributed by atoms with Crippen LogP contribution in [0.25, 0.3) is 0 Å². The smallest absolute Gasteiger partial charge is 0.308 e. The lowest BCUT2D eigenvalue weighted by atomic mass is 9.74. The van der Waals surface area contributed by atoms with E-state index in [2.05, 4.69) is 38.1 Å². The zero-order valence-corrected chi connectivity index (χ0v) is 21.8. The van der Waals surface area contributed by atoms with E-state index < -0.39 is 0 Å². The lowest BCUT2D eigenvalue weighted by molar-refractivity contribution is -0.132. The van der Waals surface area contributed by atoms with Crippen molar-refractivity contribution in [2.24, 2.45) is 0 Å². The van der Waals surface area contributed by atoms with Gasteiger partial charge in [0.2, 0.25) is 0 Å². The molecular formula is C31H40O4. The molecule has 0 spiro atoms. The average Bonchev–Trinajstić information content (AvgIpc) is 2.84. The highest BCUT2D eigenvalue weighted by molar-refractivity contribution is 5.71. The first-order chi connectivity index (χ1) is 16.8. The van der Waals surface area contributed by atoms with E-state index in [-0.39, 0.29) is 17.4 Å². The third-order valence-electron chi connectivity index (χ3n) is 8.06. The summed E-state index contributed by atoms with van der Waals surface area (Å²) < 4.78 is 11.3. The standard InChI is InChI=1S/C31H40O4/c1-21(32)34-29-17-15-25(19-27(29)23-11-7-5-8-12-23)31(3,4)26-16-18-30(35-22(2)33)28(20-26)24-13-9-6-10-14-24/h15-20,23-24H,5-14H2,1-4H3. The van der Waals surface area contributed by atoms with E-state index in [9.17, 15) is 9.59 Å². The van der Waals surface area contributed by atoms with E-state index in [1.165, 1.54) is 63.5 Å². The SMILES string of the molecule is CC(=O)Oc1ccc(C(C)(C)c2ccc(OC(C)=O)c(C3CCCCC3)c2)cc1C1CCCCC1. The van der Waals surface area contributed by atoms with Gasteiger partial charge in [0.25, 0.3) is 0 Å². The van der Waals surface area contributed by atoms with E-state index in [4.69, 9.17) is 9.47 Å². The first-order valence-electron chi connectivity index (χ1n) is 13.4. The number of carbonyl (C=O) groups is 2. The summed E-state index contributed by atoms with van der Waals surface area (Å²) in [5, 5.41) is 0. The molecule has 35 heavy (non-hydrogen) atoms. The van der Waals surface area contributed by atoms with Crippen molar-refractivity contribution in [1.29, 1.82) is 0 Å². The van der Waals surface area contributed by atoms with Crippen molar-refractivity contribution in [3.05, 3.63) is 58.7 Å². The molecule has 0 unspecified atom stereocenters. The quantitative estimate of drug-likeness (QED) is 0.313. The maximum absolute atomic E-state index is 11.8. The van der Waals surface area contributed by atoms with Gasteiger partial charge < -0.3 is 9.47 Å². The first kappa shape index (κ1) is 25.5. The van der Waals surface area contributed by atoms with Crippen molar-refractivity contribution in [2.75, 3.05) is 0 Å². The number of hydrogen-bond donors (Lipinski definition) is 0. The fourth-order valence-corrected chi connectivity index (χ4v) is 6.00. The summed E-state index contributed by atoms with van der Waals surface area (Å²) in [7, 11) is 0. The second-order valence-corrected chi connectivity index (χ2v) is 11.0. The Morgan fingerprint density at radius 1 is 0.657 bits per heavy atom. The third kappa shape index (κ3) is 5.97. The molecule has 2 aromatic rings. The third-order valence-corrected chi connectivity index (χ3v) is 8.06. The van der Waals surface area contributed by atoms with Crippen LogP contribution >= 0.6 is 0 Å². The topological polar surface area (TPSA) is 52.6 Å². The Labute approximate surface area is 210 Å². The van der Waals surface area contributed by atoms with Gasteiger partial charge in [0.15, 0.2) is 0 Å². The van der Waals surface area contributed by atoms with E-state index in [1.807, 2.05) is 12.1 Å². The Bertz CT molecular complexity index is 972. The molecule has 4 nitrogen and oxygen atoms in total. The van der Waals surface area contributed by atoms with Gasteiger partial charge in [0, 0.05) is 19.3 Å². The van der Waals surface area contributed by atoms with Gasteiger partial charge in [-0.1, -0.05) is 76.6 Å². The number of benzene rings is 2. The summed E-state index contributed by atoms with van der Waals surface area (Å²) in [5.74, 6) is 1.73. The summed E-state index contributed by atoms with van der Waals surface area (Å²) in [6.07, 6.45) is 12.0. The number of rotatable bonds is 6. The maximum Gasteiger partial charge on any atom is 0.308 e. The van der Waals surface area contributed by atoms with Crippen LogP contribution in [0.5, 0.6) is 11.5 Å². The molecule has 4 heteroatoms. The molecule has 2 aliphatic carbocycles. The molecule has 2 aromatic carbocycles. The minimum atomic E-state index is -0.271. The van der Waals surface area contributed by atoms with E-state index >= 15 is 0 Å². The summed E-state index contributed by atoms with van der Waals surface area (Å²) in [6.45, 7) is 7.45. The Kier molecular flexibility index (Phi) is 7.98. The van der Waals surface area contributed by atoms with E-state index in [0.29, 0.717) is 23.3 Å². The molecule has 0 saturated heterocycles. The minimum Gasteiger partial charge on any atom is -0.426 e.